The van der Waals surface area contributed by atoms with Crippen molar-refractivity contribution in [2.45, 2.75) is 274 Å². The fourth-order valence-electron chi connectivity index (χ4n) is 9.49. The molecule has 0 aromatic heterocycles. The molecule has 54 heavy (non-hydrogen) atoms. The van der Waals surface area contributed by atoms with E-state index in [1.165, 1.54) is 103 Å². The van der Waals surface area contributed by atoms with Crippen LogP contribution in [0.1, 0.15) is 268 Å². The molecule has 6 rings (SSSR count). The third kappa shape index (κ3) is 27.5. The zero-order valence-electron chi connectivity index (χ0n) is 41.8. The van der Waals surface area contributed by atoms with E-state index in [1.807, 2.05) is 0 Å². The van der Waals surface area contributed by atoms with E-state index < -0.39 is 5.67 Å². The molecule has 0 heterocycles. The predicted molar refractivity (Wildman–Crippen MR) is 244 cm³/mol. The summed E-state index contributed by atoms with van der Waals surface area (Å²) in [5.41, 5.74) is 4.46. The minimum atomic E-state index is -0.826. The fraction of sp³-hybridized carbons (Fsp3) is 1.00. The topological polar surface area (TPSA) is 0 Å². The highest BCUT2D eigenvalue weighted by Gasteiger charge is 2.51. The van der Waals surface area contributed by atoms with Gasteiger partial charge in [-0.25, -0.2) is 4.39 Å². The molecule has 0 saturated heterocycles. The fourth-order valence-corrected chi connectivity index (χ4v) is 9.49. The highest BCUT2D eigenvalue weighted by atomic mass is 19.1. The molecule has 0 nitrogen and oxygen atoms in total. The van der Waals surface area contributed by atoms with E-state index in [0.29, 0.717) is 43.8 Å². The Morgan fingerprint density at radius 1 is 0.426 bits per heavy atom. The molecule has 0 aliphatic heterocycles. The smallest absolute Gasteiger partial charge is 0.111 e. The zero-order valence-corrected chi connectivity index (χ0v) is 41.8. The Balaban J connectivity index is 0.000000325. The standard InChI is InChI=1S/C10H20.C9H17F.2C9H18.2C8H16/c1-9(2,3)8-10(4)6-5-7-10;1-8(2,3)5-7-6-9(7,4)10;2*1-8(2,3)7-9(4)5-6-9;1-8(2,3)6-7-4-5-7;1-8(2,3)7-5-4-6-7/h5-8H2,1-4H3;7H,5-6H2,1-4H3;2*5-7H2,1-4H3;2*7H,4-6H2,1-3H3. The molecule has 0 N–H and O–H groups in total. The highest BCUT2D eigenvalue weighted by Crippen LogP contribution is 2.54. The van der Waals surface area contributed by atoms with Crippen molar-refractivity contribution in [1.82, 2.24) is 0 Å². The minimum Gasteiger partial charge on any atom is -0.244 e. The Morgan fingerprint density at radius 3 is 0.815 bits per heavy atom. The summed E-state index contributed by atoms with van der Waals surface area (Å²) < 4.78 is 13.0. The third-order valence-electron chi connectivity index (χ3n) is 12.8. The normalized spacial score (nSPS) is 26.4. The summed E-state index contributed by atoms with van der Waals surface area (Å²) in [6, 6.07) is 0. The lowest BCUT2D eigenvalue weighted by atomic mass is 9.63. The molecule has 324 valence electrons. The average molecular weight is 761 g/mol. The van der Waals surface area contributed by atoms with Gasteiger partial charge < -0.3 is 0 Å². The van der Waals surface area contributed by atoms with Gasteiger partial charge in [0.2, 0.25) is 0 Å². The van der Waals surface area contributed by atoms with Gasteiger partial charge in [-0.05, 0) is 163 Å². The summed E-state index contributed by atoms with van der Waals surface area (Å²) >= 11 is 0. The van der Waals surface area contributed by atoms with Gasteiger partial charge in [0, 0.05) is 0 Å². The van der Waals surface area contributed by atoms with Crippen LogP contribution in [0.15, 0.2) is 0 Å². The van der Waals surface area contributed by atoms with Crippen LogP contribution in [0.2, 0.25) is 0 Å². The predicted octanol–water partition coefficient (Wildman–Crippen LogP) is 18.9. The molecule has 0 aromatic carbocycles. The van der Waals surface area contributed by atoms with Crippen molar-refractivity contribution < 1.29 is 4.39 Å². The van der Waals surface area contributed by atoms with E-state index in [2.05, 4.69) is 145 Å². The van der Waals surface area contributed by atoms with Crippen LogP contribution >= 0.6 is 0 Å². The van der Waals surface area contributed by atoms with Crippen LogP contribution in [0, 0.1) is 66.5 Å². The summed E-state index contributed by atoms with van der Waals surface area (Å²) in [6.45, 7) is 50.5. The van der Waals surface area contributed by atoms with E-state index in [1.54, 1.807) is 6.92 Å². The van der Waals surface area contributed by atoms with Crippen LogP contribution in [0.4, 0.5) is 4.39 Å². The van der Waals surface area contributed by atoms with Gasteiger partial charge in [0.05, 0.1) is 0 Å². The van der Waals surface area contributed by atoms with Gasteiger partial charge in [0.15, 0.2) is 0 Å². The molecule has 0 bridgehead atoms. The molecule has 6 aliphatic carbocycles. The van der Waals surface area contributed by atoms with Crippen molar-refractivity contribution in [2.75, 3.05) is 0 Å². The summed E-state index contributed by atoms with van der Waals surface area (Å²) in [6.07, 6.45) is 25.1. The lowest BCUT2D eigenvalue weighted by molar-refractivity contribution is 0.0920. The van der Waals surface area contributed by atoms with Gasteiger partial charge in [-0.2, -0.15) is 0 Å². The van der Waals surface area contributed by atoms with Crippen LogP contribution < -0.4 is 0 Å². The van der Waals surface area contributed by atoms with E-state index in [0.717, 1.165) is 35.5 Å². The van der Waals surface area contributed by atoms with Crippen molar-refractivity contribution >= 4 is 0 Å². The van der Waals surface area contributed by atoms with Crippen molar-refractivity contribution in [3.63, 3.8) is 0 Å². The summed E-state index contributed by atoms with van der Waals surface area (Å²) in [5.74, 6) is 2.46. The van der Waals surface area contributed by atoms with Crippen molar-refractivity contribution in [3.05, 3.63) is 0 Å². The Kier molecular flexibility index (Phi) is 18.2. The Morgan fingerprint density at radius 2 is 0.741 bits per heavy atom. The number of hydrogen-bond acceptors (Lipinski definition) is 0. The summed E-state index contributed by atoms with van der Waals surface area (Å²) in [4.78, 5) is 0. The number of rotatable bonds is 5. The van der Waals surface area contributed by atoms with Crippen molar-refractivity contribution in [2.24, 2.45) is 66.5 Å². The van der Waals surface area contributed by atoms with Gasteiger partial charge in [-0.15, -0.1) is 0 Å². The van der Waals surface area contributed by atoms with Crippen LogP contribution in [-0.4, -0.2) is 5.67 Å². The molecule has 6 fully saturated rings. The van der Waals surface area contributed by atoms with E-state index in [9.17, 15) is 4.39 Å². The van der Waals surface area contributed by atoms with Gasteiger partial charge in [-0.1, -0.05) is 171 Å². The van der Waals surface area contributed by atoms with Gasteiger partial charge in [0.1, 0.15) is 5.67 Å². The molecule has 0 aromatic rings. The number of hydrogen-bond donors (Lipinski definition) is 0. The van der Waals surface area contributed by atoms with Crippen molar-refractivity contribution in [1.29, 1.82) is 0 Å². The van der Waals surface area contributed by atoms with E-state index >= 15 is 0 Å². The maximum atomic E-state index is 13.0. The lowest BCUT2D eigenvalue weighted by Crippen LogP contribution is -2.30. The van der Waals surface area contributed by atoms with Gasteiger partial charge in [-0.3, -0.25) is 0 Å². The molecule has 2 atom stereocenters. The second-order valence-corrected chi connectivity index (χ2v) is 28.6. The SMILES string of the molecule is CC(C)(C)C1CCC1.CC(C)(C)CC1(C)CC1.CC(C)(C)CC1(C)CC1.CC(C)(C)CC1(C)CCC1.CC(C)(C)CC1CC1.CC(C)(C)CC1CC1(C)F. The Bertz CT molecular complexity index is 1000. The van der Waals surface area contributed by atoms with Gasteiger partial charge in [0.25, 0.3) is 0 Å². The van der Waals surface area contributed by atoms with E-state index in [4.69, 9.17) is 0 Å². The second-order valence-electron chi connectivity index (χ2n) is 28.6. The molecular formula is C53H105F. The second kappa shape index (κ2) is 18.9. The lowest BCUT2D eigenvalue weighted by Gasteiger charge is -2.42. The summed E-state index contributed by atoms with van der Waals surface area (Å²) in [7, 11) is 0. The Labute approximate surface area is 343 Å². The summed E-state index contributed by atoms with van der Waals surface area (Å²) in [5, 5.41) is 0. The maximum absolute atomic E-state index is 13.0. The first kappa shape index (κ1) is 51.9. The molecule has 0 spiro atoms. The minimum absolute atomic E-state index is 0.300. The largest absolute Gasteiger partial charge is 0.244 e. The van der Waals surface area contributed by atoms with Crippen LogP contribution in [0.5, 0.6) is 0 Å². The first-order valence-electron chi connectivity index (χ1n) is 23.4. The molecule has 1 heteroatoms. The van der Waals surface area contributed by atoms with E-state index in [-0.39, 0.29) is 0 Å². The first-order chi connectivity index (χ1) is 23.7. The third-order valence-corrected chi connectivity index (χ3v) is 12.8. The van der Waals surface area contributed by atoms with Gasteiger partial charge >= 0.3 is 0 Å². The average Bonchev–Trinajstić information content (AvgIpc) is 3.68. The zero-order chi connectivity index (χ0) is 42.5. The van der Waals surface area contributed by atoms with Crippen LogP contribution in [0.3, 0.4) is 0 Å². The Hall–Kier alpha value is -0.0700. The molecule has 0 radical (unpaired) electrons. The molecular weight excluding hydrogens is 656 g/mol. The monoisotopic (exact) mass is 761 g/mol. The van der Waals surface area contributed by atoms with Crippen LogP contribution in [-0.2, 0) is 0 Å². The number of halogens is 1. The van der Waals surface area contributed by atoms with Crippen LogP contribution in [0.25, 0.3) is 0 Å². The first-order valence-corrected chi connectivity index (χ1v) is 23.4. The molecule has 6 saturated carbocycles. The quantitative estimate of drug-likeness (QED) is 0.262. The maximum Gasteiger partial charge on any atom is 0.111 e. The highest BCUT2D eigenvalue weighted by molar-refractivity contribution is 5.01. The molecule has 6 aliphatic rings. The number of alkyl halides is 1. The van der Waals surface area contributed by atoms with Crippen molar-refractivity contribution in [3.8, 4) is 0 Å². The molecule has 2 unspecified atom stereocenters. The molecule has 0 amide bonds.